The van der Waals surface area contributed by atoms with E-state index < -0.39 is 0 Å². The van der Waals surface area contributed by atoms with Crippen LogP contribution in [0.2, 0.25) is 0 Å². The minimum absolute atomic E-state index is 0.814. The molecule has 0 bridgehead atoms. The first kappa shape index (κ1) is 14.5. The normalized spacial score (nSPS) is 10.6. The molecule has 2 aromatic rings. The Morgan fingerprint density at radius 1 is 1.25 bits per heavy atom. The number of nitrogens with zero attached hydrogens (tertiary/aromatic N) is 3. The summed E-state index contributed by atoms with van der Waals surface area (Å²) in [5.74, 6) is 1.02. The van der Waals surface area contributed by atoms with E-state index in [9.17, 15) is 0 Å². The maximum atomic E-state index is 4.59. The maximum absolute atomic E-state index is 4.59. The van der Waals surface area contributed by atoms with Crippen molar-refractivity contribution in [3.63, 3.8) is 0 Å². The SMILES string of the molecule is CCNCc1cnc(N(C)Cc2cccnc2)c(C)c1. The van der Waals surface area contributed by atoms with Crippen LogP contribution in [-0.4, -0.2) is 23.6 Å². The molecule has 0 amide bonds. The van der Waals surface area contributed by atoms with Gasteiger partial charge in [-0.2, -0.15) is 0 Å². The largest absolute Gasteiger partial charge is 0.355 e. The molecule has 0 aliphatic carbocycles. The highest BCUT2D eigenvalue weighted by molar-refractivity contribution is 5.47. The molecule has 0 aliphatic rings. The molecule has 4 heteroatoms. The Bertz CT molecular complexity index is 539. The van der Waals surface area contributed by atoms with Crippen LogP contribution in [0.25, 0.3) is 0 Å². The van der Waals surface area contributed by atoms with Crippen molar-refractivity contribution >= 4 is 5.82 Å². The Morgan fingerprint density at radius 3 is 2.75 bits per heavy atom. The van der Waals surface area contributed by atoms with Gasteiger partial charge in [0.2, 0.25) is 0 Å². The van der Waals surface area contributed by atoms with Crippen LogP contribution < -0.4 is 10.2 Å². The quantitative estimate of drug-likeness (QED) is 0.876. The average molecular weight is 270 g/mol. The van der Waals surface area contributed by atoms with Gasteiger partial charge in [-0.1, -0.05) is 13.0 Å². The average Bonchev–Trinajstić information content (AvgIpc) is 2.46. The highest BCUT2D eigenvalue weighted by Crippen LogP contribution is 2.18. The minimum atomic E-state index is 0.814. The van der Waals surface area contributed by atoms with Crippen molar-refractivity contribution in [2.24, 2.45) is 0 Å². The lowest BCUT2D eigenvalue weighted by Gasteiger charge is -2.20. The summed E-state index contributed by atoms with van der Waals surface area (Å²) in [6.45, 7) is 6.88. The van der Waals surface area contributed by atoms with Crippen molar-refractivity contribution in [1.82, 2.24) is 15.3 Å². The van der Waals surface area contributed by atoms with Gasteiger partial charge in [-0.25, -0.2) is 4.98 Å². The van der Waals surface area contributed by atoms with Crippen LogP contribution in [-0.2, 0) is 13.1 Å². The Balaban J connectivity index is 2.08. The van der Waals surface area contributed by atoms with Crippen LogP contribution in [0, 0.1) is 6.92 Å². The molecule has 2 heterocycles. The first-order chi connectivity index (χ1) is 9.70. The molecule has 1 N–H and O–H groups in total. The van der Waals surface area contributed by atoms with Crippen molar-refractivity contribution in [1.29, 1.82) is 0 Å². The van der Waals surface area contributed by atoms with Gasteiger partial charge in [0.05, 0.1) is 0 Å². The van der Waals surface area contributed by atoms with E-state index in [1.165, 1.54) is 16.7 Å². The fourth-order valence-corrected chi connectivity index (χ4v) is 2.23. The topological polar surface area (TPSA) is 41.1 Å². The van der Waals surface area contributed by atoms with E-state index in [1.54, 1.807) is 6.20 Å². The number of nitrogens with one attached hydrogen (secondary N) is 1. The molecule has 106 valence electrons. The summed E-state index contributed by atoms with van der Waals surface area (Å²) >= 11 is 0. The van der Waals surface area contributed by atoms with Gasteiger partial charge in [-0.3, -0.25) is 4.98 Å². The zero-order valence-electron chi connectivity index (χ0n) is 12.4. The van der Waals surface area contributed by atoms with Crippen molar-refractivity contribution in [2.75, 3.05) is 18.5 Å². The monoisotopic (exact) mass is 270 g/mol. The van der Waals surface area contributed by atoms with E-state index in [0.717, 1.165) is 25.5 Å². The zero-order chi connectivity index (χ0) is 14.4. The van der Waals surface area contributed by atoms with Crippen molar-refractivity contribution in [2.45, 2.75) is 26.9 Å². The summed E-state index contributed by atoms with van der Waals surface area (Å²) in [4.78, 5) is 10.9. The molecule has 4 nitrogen and oxygen atoms in total. The molecule has 0 atom stereocenters. The number of aromatic nitrogens is 2. The molecule has 2 rings (SSSR count). The number of anilines is 1. The molecular weight excluding hydrogens is 248 g/mol. The predicted molar refractivity (Wildman–Crippen MR) is 82.7 cm³/mol. The summed E-state index contributed by atoms with van der Waals surface area (Å²) in [6.07, 6.45) is 5.64. The highest BCUT2D eigenvalue weighted by Gasteiger charge is 2.08. The predicted octanol–water partition coefficient (Wildman–Crippen LogP) is 2.53. The number of pyridine rings is 2. The number of hydrogen-bond donors (Lipinski definition) is 1. The molecule has 0 radical (unpaired) electrons. The van der Waals surface area contributed by atoms with E-state index in [1.807, 2.05) is 18.5 Å². The summed E-state index contributed by atoms with van der Waals surface area (Å²) in [5, 5.41) is 3.32. The first-order valence-electron chi connectivity index (χ1n) is 6.97. The third-order valence-corrected chi connectivity index (χ3v) is 3.19. The molecule has 0 saturated carbocycles. The summed E-state index contributed by atoms with van der Waals surface area (Å²) in [6, 6.07) is 6.24. The second-order valence-electron chi connectivity index (χ2n) is 4.98. The van der Waals surface area contributed by atoms with Crippen LogP contribution in [0.1, 0.15) is 23.6 Å². The van der Waals surface area contributed by atoms with Crippen LogP contribution in [0.5, 0.6) is 0 Å². The molecule has 2 aromatic heterocycles. The standard InChI is InChI=1S/C16H22N4/c1-4-17-10-15-8-13(2)16(19-11-15)20(3)12-14-6-5-7-18-9-14/h5-9,11,17H,4,10,12H2,1-3H3. The van der Waals surface area contributed by atoms with Gasteiger partial charge in [0.15, 0.2) is 0 Å². The second kappa shape index (κ2) is 7.01. The second-order valence-corrected chi connectivity index (χ2v) is 4.98. The lowest BCUT2D eigenvalue weighted by atomic mass is 10.2. The van der Waals surface area contributed by atoms with Crippen LogP contribution in [0.15, 0.2) is 36.8 Å². The smallest absolute Gasteiger partial charge is 0.131 e. The van der Waals surface area contributed by atoms with Crippen LogP contribution in [0.4, 0.5) is 5.82 Å². The van der Waals surface area contributed by atoms with Gasteiger partial charge in [-0.15, -0.1) is 0 Å². The number of hydrogen-bond acceptors (Lipinski definition) is 4. The zero-order valence-corrected chi connectivity index (χ0v) is 12.4. The summed E-state index contributed by atoms with van der Waals surface area (Å²) in [5.41, 5.74) is 3.61. The Kier molecular flexibility index (Phi) is 5.07. The van der Waals surface area contributed by atoms with Gasteiger partial charge in [0.1, 0.15) is 5.82 Å². The maximum Gasteiger partial charge on any atom is 0.131 e. The Morgan fingerprint density at radius 2 is 2.10 bits per heavy atom. The lowest BCUT2D eigenvalue weighted by Crippen LogP contribution is -2.19. The van der Waals surface area contributed by atoms with Crippen molar-refractivity contribution in [3.8, 4) is 0 Å². The van der Waals surface area contributed by atoms with Gasteiger partial charge < -0.3 is 10.2 Å². The molecule has 0 saturated heterocycles. The molecule has 0 fully saturated rings. The number of aryl methyl sites for hydroxylation is 1. The van der Waals surface area contributed by atoms with E-state index in [2.05, 4.69) is 53.2 Å². The van der Waals surface area contributed by atoms with E-state index in [-0.39, 0.29) is 0 Å². The van der Waals surface area contributed by atoms with E-state index >= 15 is 0 Å². The highest BCUT2D eigenvalue weighted by atomic mass is 15.2. The third kappa shape index (κ3) is 3.78. The minimum Gasteiger partial charge on any atom is -0.355 e. The lowest BCUT2D eigenvalue weighted by molar-refractivity contribution is 0.723. The van der Waals surface area contributed by atoms with Crippen LogP contribution >= 0.6 is 0 Å². The Labute approximate surface area is 120 Å². The van der Waals surface area contributed by atoms with Gasteiger partial charge in [-0.05, 0) is 42.3 Å². The first-order valence-corrected chi connectivity index (χ1v) is 6.97. The summed E-state index contributed by atoms with van der Waals surface area (Å²) in [7, 11) is 2.06. The molecule has 0 aromatic carbocycles. The molecular formula is C16H22N4. The van der Waals surface area contributed by atoms with Gasteiger partial charge in [0, 0.05) is 38.7 Å². The van der Waals surface area contributed by atoms with E-state index in [4.69, 9.17) is 0 Å². The van der Waals surface area contributed by atoms with Gasteiger partial charge >= 0.3 is 0 Å². The van der Waals surface area contributed by atoms with Crippen LogP contribution in [0.3, 0.4) is 0 Å². The van der Waals surface area contributed by atoms with Gasteiger partial charge in [0.25, 0.3) is 0 Å². The summed E-state index contributed by atoms with van der Waals surface area (Å²) < 4.78 is 0. The fourth-order valence-electron chi connectivity index (χ4n) is 2.23. The third-order valence-electron chi connectivity index (χ3n) is 3.19. The molecule has 0 unspecified atom stereocenters. The Hall–Kier alpha value is -1.94. The molecule has 0 spiro atoms. The fraction of sp³-hybridized carbons (Fsp3) is 0.375. The van der Waals surface area contributed by atoms with Crippen molar-refractivity contribution < 1.29 is 0 Å². The molecule has 20 heavy (non-hydrogen) atoms. The van der Waals surface area contributed by atoms with Crippen molar-refractivity contribution in [3.05, 3.63) is 53.5 Å². The molecule has 0 aliphatic heterocycles. The number of rotatable bonds is 6. The van der Waals surface area contributed by atoms with E-state index in [0.29, 0.717) is 0 Å².